The van der Waals surface area contributed by atoms with Gasteiger partial charge in [-0.05, 0) is 47.9 Å². The molecule has 3 heteroatoms. The summed E-state index contributed by atoms with van der Waals surface area (Å²) in [6.45, 7) is 2.01. The molecule has 0 N–H and O–H groups in total. The van der Waals surface area contributed by atoms with E-state index < -0.39 is 0 Å². The first-order chi connectivity index (χ1) is 8.10. The summed E-state index contributed by atoms with van der Waals surface area (Å²) in [6.07, 6.45) is 0. The topological polar surface area (TPSA) is 9.23 Å². The predicted molar refractivity (Wildman–Crippen MR) is 73.2 cm³/mol. The molecule has 0 saturated heterocycles. The summed E-state index contributed by atoms with van der Waals surface area (Å²) < 4.78 is 5.30. The SMILES string of the molecule is COc1cc(-c2cc(Cl)cc(Cl)c2)ccc1C. The Morgan fingerprint density at radius 2 is 1.53 bits per heavy atom. The molecule has 0 bridgehead atoms. The van der Waals surface area contributed by atoms with Gasteiger partial charge in [-0.25, -0.2) is 0 Å². The molecule has 0 saturated carbocycles. The van der Waals surface area contributed by atoms with Gasteiger partial charge in [0.05, 0.1) is 7.11 Å². The Balaban J connectivity index is 2.52. The number of hydrogen-bond acceptors (Lipinski definition) is 1. The van der Waals surface area contributed by atoms with Crippen LogP contribution in [0.3, 0.4) is 0 Å². The van der Waals surface area contributed by atoms with E-state index in [9.17, 15) is 0 Å². The third kappa shape index (κ3) is 2.74. The highest BCUT2D eigenvalue weighted by molar-refractivity contribution is 6.35. The summed E-state index contributed by atoms with van der Waals surface area (Å²) in [7, 11) is 1.66. The zero-order valence-corrected chi connectivity index (χ0v) is 11.1. The van der Waals surface area contributed by atoms with Crippen LogP contribution in [0.5, 0.6) is 5.75 Å². The molecule has 0 atom stereocenters. The Morgan fingerprint density at radius 3 is 2.12 bits per heavy atom. The predicted octanol–water partition coefficient (Wildman–Crippen LogP) is 4.98. The maximum Gasteiger partial charge on any atom is 0.122 e. The van der Waals surface area contributed by atoms with Crippen LogP contribution in [-0.4, -0.2) is 7.11 Å². The van der Waals surface area contributed by atoms with Crippen molar-refractivity contribution in [2.45, 2.75) is 6.92 Å². The third-order valence-electron chi connectivity index (χ3n) is 2.60. The van der Waals surface area contributed by atoms with Crippen molar-refractivity contribution in [1.29, 1.82) is 0 Å². The summed E-state index contributed by atoms with van der Waals surface area (Å²) in [5, 5.41) is 1.26. The van der Waals surface area contributed by atoms with Gasteiger partial charge in [-0.3, -0.25) is 0 Å². The largest absolute Gasteiger partial charge is 0.496 e. The molecule has 88 valence electrons. The van der Waals surface area contributed by atoms with Gasteiger partial charge >= 0.3 is 0 Å². The summed E-state index contributed by atoms with van der Waals surface area (Å²) in [4.78, 5) is 0. The maximum atomic E-state index is 5.99. The van der Waals surface area contributed by atoms with Crippen LogP contribution in [0, 0.1) is 6.92 Å². The Bertz CT molecular complexity index is 530. The molecule has 0 radical (unpaired) electrons. The van der Waals surface area contributed by atoms with Crippen molar-refractivity contribution in [2.24, 2.45) is 0 Å². The van der Waals surface area contributed by atoms with Crippen LogP contribution in [0.25, 0.3) is 11.1 Å². The average molecular weight is 267 g/mol. The number of halogens is 2. The van der Waals surface area contributed by atoms with Crippen molar-refractivity contribution in [1.82, 2.24) is 0 Å². The average Bonchev–Trinajstić information content (AvgIpc) is 2.28. The zero-order chi connectivity index (χ0) is 12.4. The fourth-order valence-corrected chi connectivity index (χ4v) is 2.25. The Morgan fingerprint density at radius 1 is 0.882 bits per heavy atom. The summed E-state index contributed by atoms with van der Waals surface area (Å²) in [6, 6.07) is 11.5. The lowest BCUT2D eigenvalue weighted by atomic mass is 10.0. The van der Waals surface area contributed by atoms with E-state index in [0.717, 1.165) is 22.4 Å². The van der Waals surface area contributed by atoms with E-state index >= 15 is 0 Å². The molecule has 0 unspecified atom stereocenters. The first-order valence-corrected chi connectivity index (χ1v) is 5.97. The molecular weight excluding hydrogens is 255 g/mol. The molecular formula is C14H12Cl2O. The van der Waals surface area contributed by atoms with Crippen LogP contribution in [0.2, 0.25) is 10.0 Å². The summed E-state index contributed by atoms with van der Waals surface area (Å²) in [5.74, 6) is 0.860. The van der Waals surface area contributed by atoms with Crippen molar-refractivity contribution in [2.75, 3.05) is 7.11 Å². The monoisotopic (exact) mass is 266 g/mol. The van der Waals surface area contributed by atoms with Crippen LogP contribution in [-0.2, 0) is 0 Å². The minimum Gasteiger partial charge on any atom is -0.496 e. The van der Waals surface area contributed by atoms with Crippen LogP contribution in [0.4, 0.5) is 0 Å². The number of hydrogen-bond donors (Lipinski definition) is 0. The van der Waals surface area contributed by atoms with Crippen LogP contribution < -0.4 is 4.74 Å². The fraction of sp³-hybridized carbons (Fsp3) is 0.143. The van der Waals surface area contributed by atoms with Gasteiger partial charge in [0.2, 0.25) is 0 Å². The van der Waals surface area contributed by atoms with Gasteiger partial charge in [-0.1, -0.05) is 35.3 Å². The van der Waals surface area contributed by atoms with Crippen molar-refractivity contribution in [3.05, 3.63) is 52.0 Å². The molecule has 2 aromatic carbocycles. The van der Waals surface area contributed by atoms with Gasteiger partial charge in [-0.15, -0.1) is 0 Å². The molecule has 2 aromatic rings. The number of benzene rings is 2. The van der Waals surface area contributed by atoms with Crippen LogP contribution in [0.15, 0.2) is 36.4 Å². The normalized spacial score (nSPS) is 10.4. The highest BCUT2D eigenvalue weighted by Gasteiger charge is 2.04. The summed E-state index contributed by atoms with van der Waals surface area (Å²) in [5.41, 5.74) is 3.13. The number of ether oxygens (including phenoxy) is 1. The second-order valence-corrected chi connectivity index (χ2v) is 4.72. The van der Waals surface area contributed by atoms with E-state index in [-0.39, 0.29) is 0 Å². The van der Waals surface area contributed by atoms with E-state index in [2.05, 4.69) is 0 Å². The minimum absolute atomic E-state index is 0.632. The molecule has 0 aromatic heterocycles. The zero-order valence-electron chi connectivity index (χ0n) is 9.63. The third-order valence-corrected chi connectivity index (χ3v) is 3.04. The highest BCUT2D eigenvalue weighted by Crippen LogP contribution is 2.30. The maximum absolute atomic E-state index is 5.99. The molecule has 17 heavy (non-hydrogen) atoms. The smallest absolute Gasteiger partial charge is 0.122 e. The molecule has 0 fully saturated rings. The standard InChI is InChI=1S/C14H12Cl2O/c1-9-3-4-10(7-14(9)17-2)11-5-12(15)8-13(16)6-11/h3-8H,1-2H3. The number of rotatable bonds is 2. The van der Waals surface area contributed by atoms with E-state index in [1.165, 1.54) is 0 Å². The first-order valence-electron chi connectivity index (χ1n) is 5.21. The van der Waals surface area contributed by atoms with Crippen molar-refractivity contribution in [3.8, 4) is 16.9 Å². The molecule has 0 amide bonds. The molecule has 0 aliphatic rings. The molecule has 0 spiro atoms. The lowest BCUT2D eigenvalue weighted by Crippen LogP contribution is -1.88. The van der Waals surface area contributed by atoms with Crippen LogP contribution in [0.1, 0.15) is 5.56 Å². The fourth-order valence-electron chi connectivity index (χ4n) is 1.72. The van der Waals surface area contributed by atoms with Crippen molar-refractivity contribution < 1.29 is 4.74 Å². The van der Waals surface area contributed by atoms with E-state index in [1.807, 2.05) is 37.3 Å². The van der Waals surface area contributed by atoms with Gasteiger partial charge in [0.15, 0.2) is 0 Å². The number of methoxy groups -OCH3 is 1. The van der Waals surface area contributed by atoms with Gasteiger partial charge in [0.1, 0.15) is 5.75 Å². The Kier molecular flexibility index (Phi) is 3.60. The van der Waals surface area contributed by atoms with Gasteiger partial charge in [0, 0.05) is 10.0 Å². The van der Waals surface area contributed by atoms with Gasteiger partial charge < -0.3 is 4.74 Å². The number of aryl methyl sites for hydroxylation is 1. The van der Waals surface area contributed by atoms with Gasteiger partial charge in [-0.2, -0.15) is 0 Å². The van der Waals surface area contributed by atoms with Crippen molar-refractivity contribution >= 4 is 23.2 Å². The van der Waals surface area contributed by atoms with E-state index in [4.69, 9.17) is 27.9 Å². The highest BCUT2D eigenvalue weighted by atomic mass is 35.5. The lowest BCUT2D eigenvalue weighted by molar-refractivity contribution is 0.412. The van der Waals surface area contributed by atoms with Crippen molar-refractivity contribution in [3.63, 3.8) is 0 Å². The van der Waals surface area contributed by atoms with Gasteiger partial charge in [0.25, 0.3) is 0 Å². The molecule has 2 rings (SSSR count). The molecule has 0 aliphatic heterocycles. The Labute approximate surface area is 111 Å². The first kappa shape index (κ1) is 12.3. The molecule has 1 nitrogen and oxygen atoms in total. The quantitative estimate of drug-likeness (QED) is 0.745. The van der Waals surface area contributed by atoms with Crippen LogP contribution >= 0.6 is 23.2 Å². The molecule has 0 heterocycles. The molecule has 0 aliphatic carbocycles. The van der Waals surface area contributed by atoms with E-state index in [1.54, 1.807) is 13.2 Å². The van der Waals surface area contributed by atoms with E-state index in [0.29, 0.717) is 10.0 Å². The minimum atomic E-state index is 0.632. The Hall–Kier alpha value is -1.18. The second kappa shape index (κ2) is 4.99. The second-order valence-electron chi connectivity index (χ2n) is 3.84. The summed E-state index contributed by atoms with van der Waals surface area (Å²) >= 11 is 12.0. The lowest BCUT2D eigenvalue weighted by Gasteiger charge is -2.08.